The first kappa shape index (κ1) is 22.1. The average molecular weight is 471 g/mol. The molecule has 0 spiro atoms. The van der Waals surface area contributed by atoms with Crippen LogP contribution in [-0.4, -0.2) is 36.7 Å². The summed E-state index contributed by atoms with van der Waals surface area (Å²) in [4.78, 5) is 40.0. The normalized spacial score (nSPS) is 11.0. The quantitative estimate of drug-likeness (QED) is 0.327. The molecule has 4 rings (SSSR count). The molecule has 10 nitrogen and oxygen atoms in total. The van der Waals surface area contributed by atoms with Gasteiger partial charge in [-0.05, 0) is 29.8 Å². The molecule has 0 atom stereocenters. The number of carbonyl (C=O) groups excluding carboxylic acids is 1. The summed E-state index contributed by atoms with van der Waals surface area (Å²) in [5.74, 6) is -1.02. The van der Waals surface area contributed by atoms with Crippen molar-refractivity contribution in [3.05, 3.63) is 97.4 Å². The number of hydrogen-bond donors (Lipinski definition) is 1. The number of halogens is 2. The van der Waals surface area contributed by atoms with Gasteiger partial charge in [0.2, 0.25) is 0 Å². The molecule has 0 saturated carbocycles. The Morgan fingerprint density at radius 2 is 1.97 bits per heavy atom. The molecule has 2 aromatic heterocycles. The molecule has 2 heterocycles. The second-order valence-electron chi connectivity index (χ2n) is 7.08. The van der Waals surface area contributed by atoms with Crippen LogP contribution in [0, 0.1) is 15.9 Å². The second-order valence-corrected chi connectivity index (χ2v) is 7.52. The standard InChI is InChI=1S/C21H16ClFN6O4/c22-14-3-6-18(29(32)33)16(9-14)20(30)24-7-8-28-19-17(10-26-28)21(31)27(12-25-19)11-13-1-4-15(23)5-2-13/h1-6,9-10,12H,7-8,11H2,(H,24,30). The van der Waals surface area contributed by atoms with Crippen LogP contribution in [0.1, 0.15) is 15.9 Å². The lowest BCUT2D eigenvalue weighted by atomic mass is 10.1. The minimum absolute atomic E-state index is 0.0830. The summed E-state index contributed by atoms with van der Waals surface area (Å²) < 4.78 is 15.9. The summed E-state index contributed by atoms with van der Waals surface area (Å²) in [7, 11) is 0. The minimum Gasteiger partial charge on any atom is -0.350 e. The Morgan fingerprint density at radius 1 is 1.21 bits per heavy atom. The Labute approximate surface area is 190 Å². The van der Waals surface area contributed by atoms with E-state index >= 15 is 0 Å². The summed E-state index contributed by atoms with van der Waals surface area (Å²) >= 11 is 5.86. The van der Waals surface area contributed by atoms with E-state index in [1.54, 1.807) is 12.1 Å². The molecule has 1 N–H and O–H groups in total. The van der Waals surface area contributed by atoms with E-state index in [9.17, 15) is 24.1 Å². The highest BCUT2D eigenvalue weighted by Gasteiger charge is 2.20. The first-order valence-electron chi connectivity index (χ1n) is 9.71. The molecule has 0 aliphatic carbocycles. The van der Waals surface area contributed by atoms with Gasteiger partial charge in [0.25, 0.3) is 17.2 Å². The average Bonchev–Trinajstić information content (AvgIpc) is 3.20. The van der Waals surface area contributed by atoms with Crippen molar-refractivity contribution >= 4 is 34.2 Å². The van der Waals surface area contributed by atoms with Gasteiger partial charge in [0.1, 0.15) is 23.1 Å². The van der Waals surface area contributed by atoms with E-state index in [1.807, 2.05) is 0 Å². The maximum Gasteiger partial charge on any atom is 0.282 e. The van der Waals surface area contributed by atoms with Crippen molar-refractivity contribution in [2.75, 3.05) is 6.54 Å². The molecule has 4 aromatic rings. The molecule has 33 heavy (non-hydrogen) atoms. The number of aromatic nitrogens is 4. The van der Waals surface area contributed by atoms with Crippen molar-refractivity contribution in [1.82, 2.24) is 24.6 Å². The number of amides is 1. The lowest BCUT2D eigenvalue weighted by molar-refractivity contribution is -0.385. The zero-order valence-electron chi connectivity index (χ0n) is 16.9. The van der Waals surface area contributed by atoms with Gasteiger partial charge < -0.3 is 5.32 Å². The Hall–Kier alpha value is -4.12. The van der Waals surface area contributed by atoms with Crippen LogP contribution in [0.2, 0.25) is 5.02 Å². The van der Waals surface area contributed by atoms with Crippen molar-refractivity contribution in [3.8, 4) is 0 Å². The largest absolute Gasteiger partial charge is 0.350 e. The Balaban J connectivity index is 1.47. The van der Waals surface area contributed by atoms with E-state index in [2.05, 4.69) is 15.4 Å². The molecule has 0 unspecified atom stereocenters. The van der Waals surface area contributed by atoms with E-state index in [4.69, 9.17) is 11.6 Å². The van der Waals surface area contributed by atoms with Crippen molar-refractivity contribution in [2.45, 2.75) is 13.1 Å². The number of nitrogens with zero attached hydrogens (tertiary/aromatic N) is 5. The molecule has 2 aromatic carbocycles. The molecule has 0 aliphatic rings. The van der Waals surface area contributed by atoms with E-state index in [0.29, 0.717) is 5.65 Å². The first-order valence-corrected chi connectivity index (χ1v) is 10.1. The van der Waals surface area contributed by atoms with Crippen molar-refractivity contribution in [2.24, 2.45) is 0 Å². The van der Waals surface area contributed by atoms with E-state index in [-0.39, 0.29) is 52.7 Å². The molecular weight excluding hydrogens is 455 g/mol. The summed E-state index contributed by atoms with van der Waals surface area (Å²) in [5, 5.41) is 18.4. The van der Waals surface area contributed by atoms with Crippen LogP contribution in [0.5, 0.6) is 0 Å². The maximum atomic E-state index is 13.1. The number of carbonyl (C=O) groups is 1. The second kappa shape index (κ2) is 9.17. The van der Waals surface area contributed by atoms with Crippen LogP contribution in [0.25, 0.3) is 11.0 Å². The third kappa shape index (κ3) is 4.72. The van der Waals surface area contributed by atoms with Crippen LogP contribution in [-0.2, 0) is 13.1 Å². The van der Waals surface area contributed by atoms with Gasteiger partial charge in [0, 0.05) is 17.6 Å². The maximum absolute atomic E-state index is 13.1. The van der Waals surface area contributed by atoms with Crippen LogP contribution in [0.15, 0.2) is 59.8 Å². The monoisotopic (exact) mass is 470 g/mol. The third-order valence-corrected chi connectivity index (χ3v) is 5.13. The van der Waals surface area contributed by atoms with Gasteiger partial charge in [0.15, 0.2) is 5.65 Å². The van der Waals surface area contributed by atoms with Gasteiger partial charge in [-0.25, -0.2) is 14.1 Å². The van der Waals surface area contributed by atoms with Gasteiger partial charge in [-0.2, -0.15) is 5.10 Å². The Morgan fingerprint density at radius 3 is 2.70 bits per heavy atom. The number of fused-ring (bicyclic) bond motifs is 1. The smallest absolute Gasteiger partial charge is 0.282 e. The number of benzene rings is 2. The van der Waals surface area contributed by atoms with Gasteiger partial charge in [-0.3, -0.25) is 24.3 Å². The van der Waals surface area contributed by atoms with Crippen molar-refractivity contribution in [1.29, 1.82) is 0 Å². The van der Waals surface area contributed by atoms with Crippen LogP contribution >= 0.6 is 11.6 Å². The summed E-state index contributed by atoms with van der Waals surface area (Å²) in [6.07, 6.45) is 2.76. The van der Waals surface area contributed by atoms with E-state index in [1.165, 1.54) is 52.1 Å². The third-order valence-electron chi connectivity index (χ3n) is 4.90. The van der Waals surface area contributed by atoms with Crippen LogP contribution in [0.3, 0.4) is 0 Å². The van der Waals surface area contributed by atoms with E-state index in [0.717, 1.165) is 5.56 Å². The van der Waals surface area contributed by atoms with Gasteiger partial charge in [-0.1, -0.05) is 23.7 Å². The summed E-state index contributed by atoms with van der Waals surface area (Å²) in [6.45, 7) is 0.485. The van der Waals surface area contributed by atoms with Crippen LogP contribution in [0.4, 0.5) is 10.1 Å². The predicted octanol–water partition coefficient (Wildman–Crippen LogP) is 2.77. The number of rotatable bonds is 7. The molecular formula is C21H16ClFN6O4. The molecule has 0 saturated heterocycles. The fourth-order valence-electron chi connectivity index (χ4n) is 3.28. The van der Waals surface area contributed by atoms with Gasteiger partial charge >= 0.3 is 0 Å². The highest BCUT2D eigenvalue weighted by atomic mass is 35.5. The molecule has 0 fully saturated rings. The molecule has 0 aliphatic heterocycles. The fraction of sp³-hybridized carbons (Fsp3) is 0.143. The number of nitro groups is 1. The number of hydrogen-bond acceptors (Lipinski definition) is 6. The molecule has 12 heteroatoms. The first-order chi connectivity index (χ1) is 15.8. The minimum atomic E-state index is -0.660. The molecule has 168 valence electrons. The van der Waals surface area contributed by atoms with Gasteiger partial charge in [0.05, 0.1) is 24.2 Å². The zero-order valence-corrected chi connectivity index (χ0v) is 17.7. The number of nitro benzene ring substituents is 1. The lowest BCUT2D eigenvalue weighted by Crippen LogP contribution is -2.28. The lowest BCUT2D eigenvalue weighted by Gasteiger charge is -2.08. The fourth-order valence-corrected chi connectivity index (χ4v) is 3.45. The molecule has 0 bridgehead atoms. The Bertz CT molecular complexity index is 1420. The van der Waals surface area contributed by atoms with Crippen molar-refractivity contribution in [3.63, 3.8) is 0 Å². The SMILES string of the molecule is O=C(NCCn1ncc2c(=O)n(Cc3ccc(F)cc3)cnc21)c1cc(Cl)ccc1[N+](=O)[O-]. The van der Waals surface area contributed by atoms with Crippen LogP contribution < -0.4 is 10.9 Å². The summed E-state index contributed by atoms with van der Waals surface area (Å²) in [5.41, 5.74) is 0.252. The topological polar surface area (TPSA) is 125 Å². The Kier molecular flexibility index (Phi) is 6.13. The van der Waals surface area contributed by atoms with Crippen molar-refractivity contribution < 1.29 is 14.1 Å². The summed E-state index contributed by atoms with van der Waals surface area (Å²) in [6, 6.07) is 9.53. The van der Waals surface area contributed by atoms with Gasteiger partial charge in [-0.15, -0.1) is 0 Å². The molecule has 0 radical (unpaired) electrons. The van der Waals surface area contributed by atoms with E-state index < -0.39 is 10.8 Å². The highest BCUT2D eigenvalue weighted by molar-refractivity contribution is 6.31. The molecule has 1 amide bonds. The number of nitrogens with one attached hydrogen (secondary N) is 1. The predicted molar refractivity (Wildman–Crippen MR) is 118 cm³/mol. The zero-order chi connectivity index (χ0) is 23.5. The highest BCUT2D eigenvalue weighted by Crippen LogP contribution is 2.22.